The third-order valence-electron chi connectivity index (χ3n) is 15.5. The Morgan fingerprint density at radius 2 is 1.13 bits per heavy atom. The summed E-state index contributed by atoms with van der Waals surface area (Å²) in [6, 6.07) is 16.9. The van der Waals surface area contributed by atoms with Crippen molar-refractivity contribution in [2.75, 3.05) is 108 Å². The van der Waals surface area contributed by atoms with E-state index in [0.717, 1.165) is 155 Å². The fourth-order valence-corrected chi connectivity index (χ4v) is 11.5. The third-order valence-corrected chi connectivity index (χ3v) is 15.5. The summed E-state index contributed by atoms with van der Waals surface area (Å²) >= 11 is 0. The molecule has 0 aliphatic carbocycles. The molecule has 0 fully saturated rings. The number of benzene rings is 2. The van der Waals surface area contributed by atoms with Crippen LogP contribution < -0.4 is 28.9 Å². The molecular formula is C67H95N14O3+. The van der Waals surface area contributed by atoms with E-state index in [9.17, 15) is 0 Å². The van der Waals surface area contributed by atoms with E-state index >= 15 is 0 Å². The fraction of sp³-hybridized carbons (Fsp3) is 0.493. The van der Waals surface area contributed by atoms with Crippen LogP contribution in [-0.2, 0) is 9.47 Å². The van der Waals surface area contributed by atoms with Gasteiger partial charge in [0.1, 0.15) is 34.7 Å². The van der Waals surface area contributed by atoms with Crippen molar-refractivity contribution in [3.8, 4) is 28.0 Å². The second-order valence-electron chi connectivity index (χ2n) is 22.6. The van der Waals surface area contributed by atoms with E-state index < -0.39 is 0 Å². The van der Waals surface area contributed by atoms with Crippen LogP contribution in [0.2, 0.25) is 0 Å². The number of fused-ring (bicyclic) bond motifs is 3. The van der Waals surface area contributed by atoms with Crippen LogP contribution in [0.3, 0.4) is 0 Å². The van der Waals surface area contributed by atoms with Crippen molar-refractivity contribution < 1.29 is 14.2 Å². The molecule has 0 radical (unpaired) electrons. The predicted octanol–water partition coefficient (Wildman–Crippen LogP) is 13.2. The Morgan fingerprint density at radius 1 is 0.583 bits per heavy atom. The minimum Gasteiger partial charge on any atom is -0.497 e. The molecule has 0 bridgehead atoms. The van der Waals surface area contributed by atoms with Gasteiger partial charge in [0.05, 0.1) is 49.1 Å². The molecular weight excluding hydrogens is 1050 g/mol. The summed E-state index contributed by atoms with van der Waals surface area (Å²) in [6.45, 7) is 38.9. The van der Waals surface area contributed by atoms with Crippen LogP contribution in [0.5, 0.6) is 5.75 Å². The minimum atomic E-state index is 0.298. The maximum atomic E-state index is 5.36. The first-order valence-corrected chi connectivity index (χ1v) is 30.1. The zero-order valence-corrected chi connectivity index (χ0v) is 54.3. The maximum Gasteiger partial charge on any atom is 0.337 e. The van der Waals surface area contributed by atoms with Crippen molar-refractivity contribution in [2.45, 2.75) is 135 Å². The minimum absolute atomic E-state index is 0.298. The lowest BCUT2D eigenvalue weighted by Gasteiger charge is -2.25. The van der Waals surface area contributed by atoms with Gasteiger partial charge in [0, 0.05) is 121 Å². The first-order valence-electron chi connectivity index (χ1n) is 30.1. The van der Waals surface area contributed by atoms with Crippen molar-refractivity contribution >= 4 is 52.3 Å². The fourth-order valence-electron chi connectivity index (χ4n) is 11.5. The Hall–Kier alpha value is -7.50. The molecule has 1 aliphatic heterocycles. The monoisotopic (exact) mass is 1140 g/mol. The summed E-state index contributed by atoms with van der Waals surface area (Å²) in [5.41, 5.74) is 18.7. The van der Waals surface area contributed by atoms with Crippen molar-refractivity contribution in [1.29, 1.82) is 0 Å². The number of methoxy groups -OCH3 is 3. The molecule has 0 saturated heterocycles. The molecule has 9 rings (SSSR count). The van der Waals surface area contributed by atoms with Crippen LogP contribution in [0.15, 0.2) is 54.7 Å². The van der Waals surface area contributed by atoms with E-state index in [1.807, 2.05) is 67.1 Å². The SMILES string of the molecule is CCCCN(CC)c1nc(C)nc2c1C(C)C=[N+]2c1c(C)cc(C)cc1C.CCCN(CCC)c1cc(C)nc2c(-c3cnc(N(C)C)cc3C)c(C)nn12.COCCN(CCOC)c1cc(C)nc2c(-c3ccc(OC)cc3C)c(C)nn12. The van der Waals surface area contributed by atoms with Gasteiger partial charge in [-0.2, -0.15) is 28.8 Å². The van der Waals surface area contributed by atoms with Gasteiger partial charge in [0.25, 0.3) is 0 Å². The van der Waals surface area contributed by atoms with Gasteiger partial charge in [-0.3, -0.25) is 0 Å². The number of rotatable bonds is 22. The summed E-state index contributed by atoms with van der Waals surface area (Å²) in [7, 11) is 9.13. The highest BCUT2D eigenvalue weighted by atomic mass is 16.5. The van der Waals surface area contributed by atoms with E-state index in [2.05, 4.69) is 150 Å². The van der Waals surface area contributed by atoms with Crippen LogP contribution >= 0.6 is 0 Å². The number of anilines is 4. The lowest BCUT2D eigenvalue weighted by atomic mass is 10.0. The van der Waals surface area contributed by atoms with Gasteiger partial charge in [-0.05, 0) is 140 Å². The highest BCUT2D eigenvalue weighted by Gasteiger charge is 2.37. The quantitative estimate of drug-likeness (QED) is 0.0594. The van der Waals surface area contributed by atoms with Crippen LogP contribution in [0, 0.1) is 69.2 Å². The Labute approximate surface area is 500 Å². The van der Waals surface area contributed by atoms with Gasteiger partial charge in [0.15, 0.2) is 11.3 Å². The number of hydrogen-bond donors (Lipinski definition) is 0. The van der Waals surface area contributed by atoms with Gasteiger partial charge < -0.3 is 33.8 Å². The smallest absolute Gasteiger partial charge is 0.337 e. The molecule has 2 aromatic carbocycles. The standard InChI is InChI=1S/C23H33N4.C22H32N6.C22H30N4O3/c1-8-10-11-26(9-2)22-20-18(6)14-27(23(20)25-19(7)24-22)21-16(4)12-15(3)13-17(21)5;1-8-10-27(11-9-2)20-13-16(4)24-22-21(17(5)25-28(20)22)18-14-23-19(26(6)7)12-15(18)3;1-15-13-18(29-6)7-8-19(15)21-17(3)24-26-20(14-16(2)23-22(21)26)25(9-11-27-4)10-12-28-5/h12-14,18H,8-11H2,1-7H3;12-14H,8-11H2,1-7H3;7-8,13-14H,9-12H2,1-6H3/q+1;;. The van der Waals surface area contributed by atoms with Crippen LogP contribution in [0.25, 0.3) is 33.5 Å². The molecule has 0 spiro atoms. The number of aromatic nitrogens is 9. The van der Waals surface area contributed by atoms with Crippen molar-refractivity contribution in [1.82, 2.24) is 48.7 Å². The molecule has 0 saturated carbocycles. The van der Waals surface area contributed by atoms with Crippen LogP contribution in [0.4, 0.5) is 34.8 Å². The molecule has 7 heterocycles. The molecule has 6 aromatic heterocycles. The van der Waals surface area contributed by atoms with E-state index in [1.54, 1.807) is 21.3 Å². The molecule has 17 nitrogen and oxygen atoms in total. The molecule has 0 N–H and O–H groups in total. The first-order chi connectivity index (χ1) is 40.2. The Bertz CT molecular complexity index is 3550. The second kappa shape index (κ2) is 28.9. The summed E-state index contributed by atoms with van der Waals surface area (Å²) in [6.07, 6.45) is 8.84. The average Bonchev–Trinajstić information content (AvgIpc) is 2.06. The maximum absolute atomic E-state index is 5.36. The Morgan fingerprint density at radius 3 is 1.62 bits per heavy atom. The lowest BCUT2D eigenvalue weighted by Crippen LogP contribution is -2.32. The van der Waals surface area contributed by atoms with Crippen LogP contribution in [-0.4, -0.2) is 138 Å². The summed E-state index contributed by atoms with van der Waals surface area (Å²) < 4.78 is 22.2. The molecule has 17 heteroatoms. The highest BCUT2D eigenvalue weighted by molar-refractivity contribution is 5.88. The Kier molecular flexibility index (Phi) is 22.0. The zero-order chi connectivity index (χ0) is 61.1. The predicted molar refractivity (Wildman–Crippen MR) is 349 cm³/mol. The molecule has 450 valence electrons. The van der Waals surface area contributed by atoms with Crippen molar-refractivity contribution in [3.63, 3.8) is 0 Å². The van der Waals surface area contributed by atoms with Gasteiger partial charge in [0.2, 0.25) is 5.82 Å². The number of nitrogens with zero attached hydrogens (tertiary/aromatic N) is 14. The van der Waals surface area contributed by atoms with Crippen molar-refractivity contribution in [2.24, 2.45) is 0 Å². The summed E-state index contributed by atoms with van der Waals surface area (Å²) in [5, 5.41) is 9.74. The van der Waals surface area contributed by atoms with E-state index in [1.165, 1.54) is 46.3 Å². The topological polar surface area (TPSA) is 143 Å². The third kappa shape index (κ3) is 14.2. The average molecular weight is 1140 g/mol. The van der Waals surface area contributed by atoms with Gasteiger partial charge in [-0.1, -0.05) is 57.9 Å². The number of unbranched alkanes of at least 4 members (excludes halogenated alkanes) is 1. The van der Waals surface area contributed by atoms with E-state index in [4.69, 9.17) is 44.3 Å². The molecule has 1 unspecified atom stereocenters. The van der Waals surface area contributed by atoms with E-state index in [-0.39, 0.29) is 0 Å². The summed E-state index contributed by atoms with van der Waals surface area (Å²) in [4.78, 5) is 33.2. The molecule has 1 atom stereocenters. The highest BCUT2D eigenvalue weighted by Crippen LogP contribution is 2.41. The second-order valence-corrected chi connectivity index (χ2v) is 22.6. The van der Waals surface area contributed by atoms with Gasteiger partial charge in [-0.15, -0.1) is 0 Å². The normalized spacial score (nSPS) is 12.7. The lowest BCUT2D eigenvalue weighted by molar-refractivity contribution is 0.190. The Balaban J connectivity index is 0.000000181. The molecule has 0 amide bonds. The van der Waals surface area contributed by atoms with Crippen molar-refractivity contribution in [3.05, 3.63) is 117 Å². The molecule has 84 heavy (non-hydrogen) atoms. The van der Waals surface area contributed by atoms with Gasteiger partial charge >= 0.3 is 5.82 Å². The largest absolute Gasteiger partial charge is 0.497 e. The number of hydrogen-bond acceptors (Lipinski definition) is 14. The number of aryl methyl sites for hydroxylation is 10. The van der Waals surface area contributed by atoms with Gasteiger partial charge in [-0.25, -0.2) is 15.0 Å². The first kappa shape index (κ1) is 64.1. The zero-order valence-electron chi connectivity index (χ0n) is 54.3. The molecule has 8 aromatic rings. The number of ether oxygens (including phenoxy) is 3. The summed E-state index contributed by atoms with van der Waals surface area (Å²) in [5.74, 6) is 7.21. The van der Waals surface area contributed by atoms with E-state index in [0.29, 0.717) is 19.1 Å². The molecule has 1 aliphatic rings. The number of pyridine rings is 1. The van der Waals surface area contributed by atoms with Crippen LogP contribution in [0.1, 0.15) is 128 Å².